The number of sulfonamides is 1. The van der Waals surface area contributed by atoms with Gasteiger partial charge in [0.05, 0.1) is 19.1 Å². The standard InChI is InChI=1S/C23H30N2O5S/c1-15-10-16(2)22(17(3)11-15)31(27,28)25-8-6-18(7-9-25)23(26)24-19-12-20(29-4)14-21(13-19)30-5/h10-14,18H,6-9H2,1-5H3,(H,24,26). The number of carbonyl (C=O) groups is 1. The highest BCUT2D eigenvalue weighted by molar-refractivity contribution is 7.89. The third kappa shape index (κ3) is 5.02. The van der Waals surface area contributed by atoms with Gasteiger partial charge in [0.2, 0.25) is 15.9 Å². The highest BCUT2D eigenvalue weighted by Crippen LogP contribution is 2.30. The second-order valence-corrected chi connectivity index (χ2v) is 9.87. The zero-order chi connectivity index (χ0) is 22.8. The highest BCUT2D eigenvalue weighted by Gasteiger charge is 2.33. The van der Waals surface area contributed by atoms with Crippen molar-refractivity contribution in [3.8, 4) is 11.5 Å². The Kier molecular flexibility index (Phi) is 6.91. The van der Waals surface area contributed by atoms with E-state index in [2.05, 4.69) is 5.32 Å². The van der Waals surface area contributed by atoms with Gasteiger partial charge in [-0.1, -0.05) is 17.7 Å². The summed E-state index contributed by atoms with van der Waals surface area (Å²) in [7, 11) is -0.498. The van der Waals surface area contributed by atoms with Crippen LogP contribution >= 0.6 is 0 Å². The molecule has 8 heteroatoms. The lowest BCUT2D eigenvalue weighted by Gasteiger charge is -2.31. The molecule has 0 radical (unpaired) electrons. The van der Waals surface area contributed by atoms with E-state index in [0.717, 1.165) is 16.7 Å². The Hall–Kier alpha value is -2.58. The van der Waals surface area contributed by atoms with Gasteiger partial charge in [-0.25, -0.2) is 8.42 Å². The first-order valence-electron chi connectivity index (χ1n) is 10.3. The molecule has 1 amide bonds. The van der Waals surface area contributed by atoms with Crippen molar-refractivity contribution < 1.29 is 22.7 Å². The lowest BCUT2D eigenvalue weighted by atomic mass is 9.97. The maximum absolute atomic E-state index is 13.2. The molecule has 0 saturated carbocycles. The smallest absolute Gasteiger partial charge is 0.243 e. The predicted octanol–water partition coefficient (Wildman–Crippen LogP) is 3.67. The summed E-state index contributed by atoms with van der Waals surface area (Å²) in [5, 5.41) is 2.90. The van der Waals surface area contributed by atoms with Gasteiger partial charge in [0.25, 0.3) is 0 Å². The molecule has 7 nitrogen and oxygen atoms in total. The van der Waals surface area contributed by atoms with Crippen molar-refractivity contribution in [3.05, 3.63) is 47.0 Å². The maximum Gasteiger partial charge on any atom is 0.243 e. The first-order chi connectivity index (χ1) is 14.6. The van der Waals surface area contributed by atoms with E-state index in [1.54, 1.807) is 32.4 Å². The van der Waals surface area contributed by atoms with Crippen LogP contribution < -0.4 is 14.8 Å². The fraction of sp³-hybridized carbons (Fsp3) is 0.435. The zero-order valence-electron chi connectivity index (χ0n) is 18.7. The van der Waals surface area contributed by atoms with Crippen LogP contribution in [-0.2, 0) is 14.8 Å². The van der Waals surface area contributed by atoms with Gasteiger partial charge in [0, 0.05) is 42.9 Å². The maximum atomic E-state index is 13.2. The molecule has 1 aliphatic heterocycles. The van der Waals surface area contributed by atoms with Gasteiger partial charge in [0.15, 0.2) is 0 Å². The van der Waals surface area contributed by atoms with E-state index < -0.39 is 10.0 Å². The van der Waals surface area contributed by atoms with Crippen molar-refractivity contribution in [2.24, 2.45) is 5.92 Å². The first kappa shape index (κ1) is 23.1. The average Bonchev–Trinajstić information content (AvgIpc) is 2.72. The summed E-state index contributed by atoms with van der Waals surface area (Å²) in [4.78, 5) is 13.2. The number of hydrogen-bond acceptors (Lipinski definition) is 5. The molecule has 31 heavy (non-hydrogen) atoms. The van der Waals surface area contributed by atoms with Crippen LogP contribution in [-0.4, -0.2) is 45.9 Å². The van der Waals surface area contributed by atoms with Crippen LogP contribution in [0.15, 0.2) is 35.2 Å². The number of aryl methyl sites for hydroxylation is 3. The number of piperidine rings is 1. The topological polar surface area (TPSA) is 84.9 Å². The number of rotatable bonds is 6. The summed E-state index contributed by atoms with van der Waals surface area (Å²) >= 11 is 0. The van der Waals surface area contributed by atoms with E-state index in [1.165, 1.54) is 4.31 Å². The van der Waals surface area contributed by atoms with Crippen LogP contribution in [0.4, 0.5) is 5.69 Å². The molecule has 2 aromatic rings. The SMILES string of the molecule is COc1cc(NC(=O)C2CCN(S(=O)(=O)c3c(C)cc(C)cc3C)CC2)cc(OC)c1. The fourth-order valence-corrected chi connectivity index (χ4v) is 6.07. The second-order valence-electron chi connectivity index (χ2n) is 8.00. The van der Waals surface area contributed by atoms with Crippen molar-refractivity contribution >= 4 is 21.6 Å². The van der Waals surface area contributed by atoms with Crippen LogP contribution in [0.1, 0.15) is 29.5 Å². The van der Waals surface area contributed by atoms with E-state index in [9.17, 15) is 13.2 Å². The molecule has 0 unspecified atom stereocenters. The minimum atomic E-state index is -3.60. The minimum Gasteiger partial charge on any atom is -0.497 e. The number of ether oxygens (including phenoxy) is 2. The Morgan fingerprint density at radius 1 is 0.935 bits per heavy atom. The van der Waals surface area contributed by atoms with E-state index >= 15 is 0 Å². The zero-order valence-corrected chi connectivity index (χ0v) is 19.5. The van der Waals surface area contributed by atoms with Gasteiger partial charge in [-0.3, -0.25) is 4.79 Å². The summed E-state index contributed by atoms with van der Waals surface area (Å²) in [6, 6.07) is 8.96. The number of nitrogens with one attached hydrogen (secondary N) is 1. The molecule has 1 aliphatic rings. The predicted molar refractivity (Wildman–Crippen MR) is 120 cm³/mol. The van der Waals surface area contributed by atoms with Crippen molar-refractivity contribution in [1.82, 2.24) is 4.31 Å². The molecule has 0 spiro atoms. The molecule has 0 bridgehead atoms. The number of methoxy groups -OCH3 is 2. The lowest BCUT2D eigenvalue weighted by molar-refractivity contribution is -0.120. The number of anilines is 1. The van der Waals surface area contributed by atoms with Gasteiger partial charge >= 0.3 is 0 Å². The Bertz CT molecular complexity index is 1030. The molecular weight excluding hydrogens is 416 g/mol. The van der Waals surface area contributed by atoms with Gasteiger partial charge in [-0.2, -0.15) is 4.31 Å². The Labute approximate surface area is 184 Å². The van der Waals surface area contributed by atoms with E-state index in [4.69, 9.17) is 9.47 Å². The molecule has 2 aromatic carbocycles. The summed E-state index contributed by atoms with van der Waals surface area (Å²) < 4.78 is 38.5. The molecule has 1 N–H and O–H groups in total. The lowest BCUT2D eigenvalue weighted by Crippen LogP contribution is -2.41. The molecule has 1 heterocycles. The second kappa shape index (κ2) is 9.28. The minimum absolute atomic E-state index is 0.130. The number of carbonyl (C=O) groups excluding carboxylic acids is 1. The van der Waals surface area contributed by atoms with Crippen molar-refractivity contribution in [3.63, 3.8) is 0 Å². The number of amides is 1. The number of hydrogen-bond donors (Lipinski definition) is 1. The summed E-state index contributed by atoms with van der Waals surface area (Å²) in [5.41, 5.74) is 3.13. The van der Waals surface area contributed by atoms with Crippen molar-refractivity contribution in [2.45, 2.75) is 38.5 Å². The van der Waals surface area contributed by atoms with Crippen LogP contribution in [0.2, 0.25) is 0 Å². The van der Waals surface area contributed by atoms with Gasteiger partial charge in [0.1, 0.15) is 11.5 Å². The molecule has 1 saturated heterocycles. The first-order valence-corrected chi connectivity index (χ1v) is 11.7. The van der Waals surface area contributed by atoms with Crippen LogP contribution in [0.25, 0.3) is 0 Å². The van der Waals surface area contributed by atoms with Crippen LogP contribution in [0.5, 0.6) is 11.5 Å². The molecule has 3 rings (SSSR count). The average molecular weight is 447 g/mol. The fourth-order valence-electron chi connectivity index (χ4n) is 4.19. The summed E-state index contributed by atoms with van der Waals surface area (Å²) in [6.07, 6.45) is 0.937. The largest absolute Gasteiger partial charge is 0.497 e. The molecule has 0 atom stereocenters. The molecule has 0 aliphatic carbocycles. The third-order valence-electron chi connectivity index (χ3n) is 5.65. The van der Waals surface area contributed by atoms with Gasteiger partial charge in [-0.05, 0) is 44.7 Å². The Morgan fingerprint density at radius 3 is 1.94 bits per heavy atom. The van der Waals surface area contributed by atoms with Crippen molar-refractivity contribution in [2.75, 3.05) is 32.6 Å². The van der Waals surface area contributed by atoms with Crippen LogP contribution in [0, 0.1) is 26.7 Å². The third-order valence-corrected chi connectivity index (χ3v) is 7.85. The van der Waals surface area contributed by atoms with E-state index in [1.807, 2.05) is 32.9 Å². The molecule has 0 aromatic heterocycles. The van der Waals surface area contributed by atoms with Crippen LogP contribution in [0.3, 0.4) is 0 Å². The summed E-state index contributed by atoms with van der Waals surface area (Å²) in [6.45, 7) is 6.24. The monoisotopic (exact) mass is 446 g/mol. The highest BCUT2D eigenvalue weighted by atomic mass is 32.2. The quantitative estimate of drug-likeness (QED) is 0.732. The number of nitrogens with zero attached hydrogens (tertiary/aromatic N) is 1. The van der Waals surface area contributed by atoms with E-state index in [-0.39, 0.29) is 11.8 Å². The van der Waals surface area contributed by atoms with Gasteiger partial charge in [-0.15, -0.1) is 0 Å². The molecular formula is C23H30N2O5S. The molecule has 168 valence electrons. The number of benzene rings is 2. The summed E-state index contributed by atoms with van der Waals surface area (Å²) in [5.74, 6) is 0.776. The Morgan fingerprint density at radius 2 is 1.45 bits per heavy atom. The van der Waals surface area contributed by atoms with Crippen molar-refractivity contribution in [1.29, 1.82) is 0 Å². The Balaban J connectivity index is 1.69. The van der Waals surface area contributed by atoms with E-state index in [0.29, 0.717) is 48.0 Å². The van der Waals surface area contributed by atoms with Gasteiger partial charge < -0.3 is 14.8 Å². The molecule has 1 fully saturated rings. The normalized spacial score (nSPS) is 15.5.